The fourth-order valence-electron chi connectivity index (χ4n) is 3.11. The lowest BCUT2D eigenvalue weighted by Gasteiger charge is -2.30. The highest BCUT2D eigenvalue weighted by Crippen LogP contribution is 2.34. The molecule has 0 N–H and O–H groups in total. The van der Waals surface area contributed by atoms with Gasteiger partial charge in [-0.1, -0.05) is 5.16 Å². The first-order chi connectivity index (χ1) is 10.7. The molecule has 0 unspecified atom stereocenters. The topological polar surface area (TPSA) is 42.2 Å². The molecular weight excluding hydrogens is 288 g/mol. The van der Waals surface area contributed by atoms with Crippen LogP contribution in [0.15, 0.2) is 22.7 Å². The Hall–Kier alpha value is -1.82. The third-order valence-corrected chi connectivity index (χ3v) is 4.57. The van der Waals surface area contributed by atoms with Crippen molar-refractivity contribution in [3.63, 3.8) is 0 Å². The molecule has 22 heavy (non-hydrogen) atoms. The maximum absolute atomic E-state index is 13.3. The van der Waals surface area contributed by atoms with Crippen LogP contribution in [-0.2, 0) is 0 Å². The number of nitrogens with zero attached hydrogens (tertiary/aromatic N) is 3. The van der Waals surface area contributed by atoms with Gasteiger partial charge in [-0.2, -0.15) is 4.98 Å². The summed E-state index contributed by atoms with van der Waals surface area (Å²) in [5, 5.41) is 4.03. The zero-order chi connectivity index (χ0) is 15.1. The number of hydrogen-bond donors (Lipinski definition) is 0. The van der Waals surface area contributed by atoms with Crippen LogP contribution in [0.25, 0.3) is 11.5 Å². The van der Waals surface area contributed by atoms with Crippen LogP contribution < -0.4 is 0 Å². The summed E-state index contributed by atoms with van der Waals surface area (Å²) in [6, 6.07) is 4.40. The van der Waals surface area contributed by atoms with E-state index in [9.17, 15) is 8.78 Å². The third-order valence-electron chi connectivity index (χ3n) is 4.57. The molecule has 1 aromatic heterocycles. The van der Waals surface area contributed by atoms with Crippen molar-refractivity contribution in [2.45, 2.75) is 37.6 Å². The van der Waals surface area contributed by atoms with Crippen LogP contribution in [0.3, 0.4) is 0 Å². The van der Waals surface area contributed by atoms with Crippen molar-refractivity contribution in [1.82, 2.24) is 15.0 Å². The molecule has 2 fully saturated rings. The van der Waals surface area contributed by atoms with Crippen LogP contribution in [0, 0.1) is 11.6 Å². The Morgan fingerprint density at radius 3 is 2.50 bits per heavy atom. The Labute approximate surface area is 127 Å². The van der Waals surface area contributed by atoms with Gasteiger partial charge in [-0.25, -0.2) is 8.78 Å². The van der Waals surface area contributed by atoms with E-state index in [-0.39, 0.29) is 11.8 Å². The van der Waals surface area contributed by atoms with Gasteiger partial charge in [0.15, 0.2) is 17.5 Å². The highest BCUT2D eigenvalue weighted by atomic mass is 19.2. The summed E-state index contributed by atoms with van der Waals surface area (Å²) in [5.74, 6) is -0.572. The van der Waals surface area contributed by atoms with E-state index in [0.29, 0.717) is 11.4 Å². The highest BCUT2D eigenvalue weighted by molar-refractivity contribution is 5.52. The largest absolute Gasteiger partial charge is 0.334 e. The molecule has 0 spiro atoms. The van der Waals surface area contributed by atoms with E-state index in [1.807, 2.05) is 0 Å². The molecule has 1 aromatic carbocycles. The second-order valence-corrected chi connectivity index (χ2v) is 6.13. The van der Waals surface area contributed by atoms with Crippen LogP contribution in [0.5, 0.6) is 0 Å². The number of hydrogen-bond acceptors (Lipinski definition) is 4. The van der Waals surface area contributed by atoms with Crippen molar-refractivity contribution in [3.05, 3.63) is 35.7 Å². The van der Waals surface area contributed by atoms with Gasteiger partial charge in [-0.05, 0) is 57.0 Å². The summed E-state index contributed by atoms with van der Waals surface area (Å²) in [6.45, 7) is 2.15. The Morgan fingerprint density at radius 1 is 1.05 bits per heavy atom. The first-order valence-corrected chi connectivity index (χ1v) is 7.74. The van der Waals surface area contributed by atoms with Gasteiger partial charge in [-0.15, -0.1) is 0 Å². The van der Waals surface area contributed by atoms with Crippen molar-refractivity contribution in [2.24, 2.45) is 0 Å². The second kappa shape index (κ2) is 5.43. The average molecular weight is 305 g/mol. The number of likely N-dealkylation sites (tertiary alicyclic amines) is 1. The van der Waals surface area contributed by atoms with Gasteiger partial charge in [0, 0.05) is 17.5 Å². The maximum Gasteiger partial charge on any atom is 0.258 e. The minimum absolute atomic E-state index is 0.249. The van der Waals surface area contributed by atoms with Gasteiger partial charge in [0.25, 0.3) is 5.89 Å². The highest BCUT2D eigenvalue weighted by Gasteiger charge is 2.33. The monoisotopic (exact) mass is 305 g/mol. The van der Waals surface area contributed by atoms with Crippen LogP contribution in [0.2, 0.25) is 0 Å². The first kappa shape index (κ1) is 13.8. The second-order valence-electron chi connectivity index (χ2n) is 6.13. The molecular formula is C16H17F2N3O. The van der Waals surface area contributed by atoms with E-state index < -0.39 is 11.6 Å². The van der Waals surface area contributed by atoms with Gasteiger partial charge in [-0.3, -0.25) is 0 Å². The molecule has 1 saturated heterocycles. The number of aromatic nitrogens is 2. The lowest BCUT2D eigenvalue weighted by atomic mass is 9.96. The van der Waals surface area contributed by atoms with E-state index in [4.69, 9.17) is 4.52 Å². The number of halogens is 2. The van der Waals surface area contributed by atoms with Gasteiger partial charge >= 0.3 is 0 Å². The number of benzene rings is 1. The zero-order valence-electron chi connectivity index (χ0n) is 12.1. The molecule has 2 aliphatic rings. The van der Waals surface area contributed by atoms with Crippen LogP contribution in [0.4, 0.5) is 8.78 Å². The van der Waals surface area contributed by atoms with Crippen molar-refractivity contribution in [2.75, 3.05) is 13.1 Å². The predicted molar refractivity (Wildman–Crippen MR) is 76.2 cm³/mol. The smallest absolute Gasteiger partial charge is 0.258 e. The molecule has 0 bridgehead atoms. The SMILES string of the molecule is Fc1ccc(-c2nc(C3CCN(C4CC4)CC3)no2)cc1F. The minimum Gasteiger partial charge on any atom is -0.334 e. The standard InChI is InChI=1S/C16H17F2N3O/c17-13-4-1-11(9-14(13)18)16-19-15(20-22-16)10-5-7-21(8-6-10)12-2-3-12/h1,4,9-10,12H,2-3,5-8H2. The van der Waals surface area contributed by atoms with Gasteiger partial charge in [0.2, 0.25) is 0 Å². The minimum atomic E-state index is -0.907. The van der Waals surface area contributed by atoms with Gasteiger partial charge < -0.3 is 9.42 Å². The molecule has 1 aliphatic heterocycles. The third kappa shape index (κ3) is 2.63. The molecule has 0 amide bonds. The summed E-state index contributed by atoms with van der Waals surface area (Å²) in [5.41, 5.74) is 0.410. The molecule has 1 aliphatic carbocycles. The summed E-state index contributed by atoms with van der Waals surface area (Å²) >= 11 is 0. The molecule has 0 radical (unpaired) electrons. The summed E-state index contributed by atoms with van der Waals surface area (Å²) in [7, 11) is 0. The molecule has 0 atom stereocenters. The van der Waals surface area contributed by atoms with Crippen LogP contribution >= 0.6 is 0 Å². The van der Waals surface area contributed by atoms with E-state index in [0.717, 1.165) is 44.1 Å². The summed E-state index contributed by atoms with van der Waals surface area (Å²) in [4.78, 5) is 6.91. The predicted octanol–water partition coefficient (Wildman–Crippen LogP) is 3.36. The van der Waals surface area contributed by atoms with E-state index in [2.05, 4.69) is 15.0 Å². The molecule has 116 valence electrons. The van der Waals surface area contributed by atoms with E-state index >= 15 is 0 Å². The fourth-order valence-corrected chi connectivity index (χ4v) is 3.11. The maximum atomic E-state index is 13.3. The lowest BCUT2D eigenvalue weighted by molar-refractivity contribution is 0.199. The Balaban J connectivity index is 1.48. The zero-order valence-corrected chi connectivity index (χ0v) is 12.1. The number of piperidine rings is 1. The quantitative estimate of drug-likeness (QED) is 0.872. The van der Waals surface area contributed by atoms with E-state index in [1.54, 1.807) is 0 Å². The molecule has 4 nitrogen and oxygen atoms in total. The van der Waals surface area contributed by atoms with Crippen molar-refractivity contribution in [1.29, 1.82) is 0 Å². The molecule has 1 saturated carbocycles. The molecule has 2 heterocycles. The Kier molecular flexibility index (Phi) is 3.41. The summed E-state index contributed by atoms with van der Waals surface area (Å²) < 4.78 is 31.5. The van der Waals surface area contributed by atoms with Crippen molar-refractivity contribution < 1.29 is 13.3 Å². The molecule has 6 heteroatoms. The summed E-state index contributed by atoms with van der Waals surface area (Å²) in [6.07, 6.45) is 4.70. The fraction of sp³-hybridized carbons (Fsp3) is 0.500. The van der Waals surface area contributed by atoms with Crippen molar-refractivity contribution in [3.8, 4) is 11.5 Å². The molecule has 4 rings (SSSR count). The molecule has 2 aromatic rings. The lowest BCUT2D eigenvalue weighted by Crippen LogP contribution is -2.34. The van der Waals surface area contributed by atoms with Gasteiger partial charge in [0.05, 0.1) is 0 Å². The Bertz CT molecular complexity index is 676. The van der Waals surface area contributed by atoms with Crippen LogP contribution in [0.1, 0.15) is 37.4 Å². The normalized spacial score (nSPS) is 20.5. The van der Waals surface area contributed by atoms with E-state index in [1.165, 1.54) is 18.9 Å². The van der Waals surface area contributed by atoms with Gasteiger partial charge in [0.1, 0.15) is 0 Å². The van der Waals surface area contributed by atoms with Crippen molar-refractivity contribution >= 4 is 0 Å². The number of rotatable bonds is 3. The average Bonchev–Trinajstić information content (AvgIpc) is 3.27. The van der Waals surface area contributed by atoms with Crippen LogP contribution in [-0.4, -0.2) is 34.2 Å². The Morgan fingerprint density at radius 2 is 1.82 bits per heavy atom. The first-order valence-electron chi connectivity index (χ1n) is 7.74.